The molecule has 0 heterocycles. The van der Waals surface area contributed by atoms with Crippen LogP contribution < -0.4 is 4.74 Å². The fraction of sp³-hybridized carbons (Fsp3) is 0.235. The second kappa shape index (κ2) is 5.87. The number of hydrogen-bond acceptors (Lipinski definition) is 4. The third kappa shape index (κ3) is 2.99. The van der Waals surface area contributed by atoms with Crippen molar-refractivity contribution in [3.8, 4) is 11.5 Å². The smallest absolute Gasteiger partial charge is 0.120 e. The summed E-state index contributed by atoms with van der Waals surface area (Å²) < 4.78 is 5.77. The van der Waals surface area contributed by atoms with Crippen LogP contribution in [0.25, 0.3) is 0 Å². The van der Waals surface area contributed by atoms with Crippen molar-refractivity contribution >= 4 is 5.71 Å². The quantitative estimate of drug-likeness (QED) is 0.669. The van der Waals surface area contributed by atoms with Crippen molar-refractivity contribution in [1.82, 2.24) is 0 Å². The Morgan fingerprint density at radius 3 is 2.62 bits per heavy atom. The second-order valence-corrected chi connectivity index (χ2v) is 5.17. The molecule has 0 amide bonds. The summed E-state index contributed by atoms with van der Waals surface area (Å²) in [6.07, 6.45) is 2.82. The molecule has 21 heavy (non-hydrogen) atoms. The maximum atomic E-state index is 9.25. The third-order valence-corrected chi connectivity index (χ3v) is 3.71. The van der Waals surface area contributed by atoms with Crippen molar-refractivity contribution in [3.63, 3.8) is 0 Å². The number of rotatable bonds is 3. The van der Waals surface area contributed by atoms with Crippen molar-refractivity contribution in [2.24, 2.45) is 5.16 Å². The van der Waals surface area contributed by atoms with Crippen LogP contribution in [0, 0.1) is 0 Å². The van der Waals surface area contributed by atoms with Gasteiger partial charge in [0.25, 0.3) is 0 Å². The molecule has 1 aliphatic rings. The molecule has 0 bridgehead atoms. The molecule has 2 aromatic rings. The van der Waals surface area contributed by atoms with Crippen molar-refractivity contribution in [3.05, 3.63) is 59.2 Å². The van der Waals surface area contributed by atoms with E-state index >= 15 is 0 Å². The number of phenolic OH excluding ortho intramolecular Hbond substituents is 1. The van der Waals surface area contributed by atoms with Gasteiger partial charge in [-0.1, -0.05) is 23.4 Å². The lowest BCUT2D eigenvalue weighted by Crippen LogP contribution is -2.12. The van der Waals surface area contributed by atoms with E-state index in [4.69, 9.17) is 9.94 Å². The molecule has 4 heteroatoms. The van der Waals surface area contributed by atoms with Gasteiger partial charge in [-0.15, -0.1) is 0 Å². The van der Waals surface area contributed by atoms with E-state index in [1.54, 1.807) is 12.1 Å². The molecule has 0 aromatic heterocycles. The van der Waals surface area contributed by atoms with E-state index in [0.29, 0.717) is 6.61 Å². The predicted molar refractivity (Wildman–Crippen MR) is 80.1 cm³/mol. The number of fused-ring (bicyclic) bond motifs is 1. The van der Waals surface area contributed by atoms with Gasteiger partial charge >= 0.3 is 0 Å². The van der Waals surface area contributed by atoms with Gasteiger partial charge in [0.05, 0.1) is 5.71 Å². The molecule has 0 radical (unpaired) electrons. The van der Waals surface area contributed by atoms with Gasteiger partial charge in [0.15, 0.2) is 0 Å². The summed E-state index contributed by atoms with van der Waals surface area (Å²) in [5.41, 5.74) is 3.89. The molecule has 4 nitrogen and oxygen atoms in total. The summed E-state index contributed by atoms with van der Waals surface area (Å²) in [5, 5.41) is 21.7. The first-order chi connectivity index (χ1) is 10.3. The van der Waals surface area contributed by atoms with Gasteiger partial charge in [0.1, 0.15) is 18.1 Å². The van der Waals surface area contributed by atoms with E-state index in [1.807, 2.05) is 30.3 Å². The molecule has 0 atom stereocenters. The molecule has 2 N–H and O–H groups in total. The molecule has 3 rings (SSSR count). The largest absolute Gasteiger partial charge is 0.508 e. The Bertz CT molecular complexity index is 662. The minimum Gasteiger partial charge on any atom is -0.508 e. The van der Waals surface area contributed by atoms with E-state index in [-0.39, 0.29) is 5.75 Å². The number of hydrogen-bond donors (Lipinski definition) is 2. The zero-order chi connectivity index (χ0) is 14.7. The fourth-order valence-electron chi connectivity index (χ4n) is 2.58. The number of oxime groups is 1. The third-order valence-electron chi connectivity index (χ3n) is 3.71. The lowest BCUT2D eigenvalue weighted by Gasteiger charge is -2.18. The number of phenols is 1. The Labute approximate surface area is 123 Å². The van der Waals surface area contributed by atoms with Crippen LogP contribution >= 0.6 is 0 Å². The molecule has 0 saturated carbocycles. The number of benzene rings is 2. The van der Waals surface area contributed by atoms with E-state index in [9.17, 15) is 5.11 Å². The minimum absolute atomic E-state index is 0.247. The van der Waals surface area contributed by atoms with E-state index < -0.39 is 0 Å². The van der Waals surface area contributed by atoms with Gasteiger partial charge in [-0.05, 0) is 54.7 Å². The van der Waals surface area contributed by atoms with Crippen LogP contribution in [0.2, 0.25) is 0 Å². The maximum absolute atomic E-state index is 9.25. The van der Waals surface area contributed by atoms with E-state index in [2.05, 4.69) is 5.16 Å². The average molecular weight is 283 g/mol. The summed E-state index contributed by atoms with van der Waals surface area (Å²) in [5.74, 6) is 1.00. The maximum Gasteiger partial charge on any atom is 0.120 e. The van der Waals surface area contributed by atoms with Crippen molar-refractivity contribution in [1.29, 1.82) is 0 Å². The van der Waals surface area contributed by atoms with E-state index in [0.717, 1.165) is 41.9 Å². The Morgan fingerprint density at radius 1 is 1.05 bits per heavy atom. The van der Waals surface area contributed by atoms with Crippen LogP contribution in [0.4, 0.5) is 0 Å². The Hall–Kier alpha value is -2.49. The van der Waals surface area contributed by atoms with Crippen molar-refractivity contribution < 1.29 is 15.1 Å². The van der Waals surface area contributed by atoms with Gasteiger partial charge in [-0.2, -0.15) is 0 Å². The van der Waals surface area contributed by atoms with Crippen LogP contribution in [0.3, 0.4) is 0 Å². The van der Waals surface area contributed by atoms with Gasteiger partial charge in [-0.3, -0.25) is 0 Å². The van der Waals surface area contributed by atoms with Crippen LogP contribution in [-0.2, 0) is 13.0 Å². The van der Waals surface area contributed by atoms with Crippen LogP contribution in [0.15, 0.2) is 47.6 Å². The van der Waals surface area contributed by atoms with Gasteiger partial charge in [0.2, 0.25) is 0 Å². The first kappa shape index (κ1) is 13.5. The monoisotopic (exact) mass is 283 g/mol. The molecule has 0 saturated heterocycles. The first-order valence-electron chi connectivity index (χ1n) is 7.01. The Balaban J connectivity index is 1.76. The van der Waals surface area contributed by atoms with Crippen LogP contribution in [0.1, 0.15) is 29.5 Å². The molecule has 2 aromatic carbocycles. The lowest BCUT2D eigenvalue weighted by atomic mass is 9.90. The molecule has 0 aliphatic heterocycles. The fourth-order valence-corrected chi connectivity index (χ4v) is 2.58. The molecular formula is C17H17NO3. The molecule has 0 spiro atoms. The second-order valence-electron chi connectivity index (χ2n) is 5.17. The van der Waals surface area contributed by atoms with Crippen molar-refractivity contribution in [2.45, 2.75) is 25.9 Å². The highest BCUT2D eigenvalue weighted by Gasteiger charge is 2.16. The van der Waals surface area contributed by atoms with E-state index in [1.165, 1.54) is 5.56 Å². The summed E-state index contributed by atoms with van der Waals surface area (Å²) >= 11 is 0. The molecular weight excluding hydrogens is 266 g/mol. The number of ether oxygens (including phenoxy) is 1. The van der Waals surface area contributed by atoms with Gasteiger partial charge in [-0.25, -0.2) is 0 Å². The molecule has 1 aliphatic carbocycles. The van der Waals surface area contributed by atoms with Crippen molar-refractivity contribution in [2.75, 3.05) is 0 Å². The molecule has 0 unspecified atom stereocenters. The highest BCUT2D eigenvalue weighted by molar-refractivity contribution is 6.02. The normalized spacial score (nSPS) is 15.7. The molecule has 108 valence electrons. The summed E-state index contributed by atoms with van der Waals surface area (Å²) in [7, 11) is 0. The first-order valence-corrected chi connectivity index (χ1v) is 7.01. The number of aromatic hydroxyl groups is 1. The average Bonchev–Trinajstić information content (AvgIpc) is 2.53. The predicted octanol–water partition coefficient (Wildman–Crippen LogP) is 3.49. The Kier molecular flexibility index (Phi) is 3.77. The summed E-state index contributed by atoms with van der Waals surface area (Å²) in [6, 6.07) is 12.8. The lowest BCUT2D eigenvalue weighted by molar-refractivity contribution is 0.305. The zero-order valence-electron chi connectivity index (χ0n) is 11.6. The number of nitrogens with zero attached hydrogens (tertiary/aromatic N) is 1. The van der Waals surface area contributed by atoms with Crippen LogP contribution in [-0.4, -0.2) is 16.0 Å². The number of aryl methyl sites for hydroxylation is 1. The summed E-state index contributed by atoms with van der Waals surface area (Å²) in [4.78, 5) is 0. The summed E-state index contributed by atoms with van der Waals surface area (Å²) in [6.45, 7) is 0.435. The van der Waals surface area contributed by atoms with Gasteiger partial charge < -0.3 is 15.1 Å². The highest BCUT2D eigenvalue weighted by atomic mass is 16.5. The standard InChI is InChI=1S/C17H17NO3/c19-14-7-4-12(5-8-14)11-21-15-9-6-13-2-1-3-17(18-20)16(13)10-15/h4-10,19-20H,1-3,11H2/b18-17-. The topological polar surface area (TPSA) is 62.1 Å². The Morgan fingerprint density at radius 2 is 1.86 bits per heavy atom. The SMILES string of the molecule is O/N=C1/CCCc2ccc(OCc3ccc(O)cc3)cc21. The highest BCUT2D eigenvalue weighted by Crippen LogP contribution is 2.26. The molecule has 0 fully saturated rings. The zero-order valence-corrected chi connectivity index (χ0v) is 11.6. The van der Waals surface area contributed by atoms with Gasteiger partial charge in [0, 0.05) is 5.56 Å². The van der Waals surface area contributed by atoms with Crippen LogP contribution in [0.5, 0.6) is 11.5 Å². The minimum atomic E-state index is 0.247.